The topological polar surface area (TPSA) is 75.6 Å². The van der Waals surface area contributed by atoms with Crippen molar-refractivity contribution in [3.05, 3.63) is 0 Å². The van der Waals surface area contributed by atoms with E-state index in [2.05, 4.69) is 10.1 Å². The number of nitrogens with two attached hydrogens (primary N) is 1. The van der Waals surface area contributed by atoms with Crippen LogP contribution in [0.5, 0.6) is 0 Å². The molecule has 6 heteroatoms. The van der Waals surface area contributed by atoms with E-state index in [1.165, 1.54) is 5.06 Å². The highest BCUT2D eigenvalue weighted by Gasteiger charge is 2.26. The molecule has 0 saturated carbocycles. The molecule has 1 rings (SSSR count). The van der Waals surface area contributed by atoms with Crippen molar-refractivity contribution in [1.82, 2.24) is 5.06 Å². The summed E-state index contributed by atoms with van der Waals surface area (Å²) in [5.41, 5.74) is 4.62. The number of hydroxylamine groups is 2. The van der Waals surface area contributed by atoms with Gasteiger partial charge in [0.1, 0.15) is 0 Å². The first-order chi connectivity index (χ1) is 3.58. The Kier molecular flexibility index (Phi) is 1.38. The van der Waals surface area contributed by atoms with Crippen LogP contribution in [0.25, 0.3) is 0 Å². The van der Waals surface area contributed by atoms with Gasteiger partial charge in [-0.05, 0) is 0 Å². The molecular formula is C2H7N2O3P. The lowest BCUT2D eigenvalue weighted by molar-refractivity contribution is 0.0531. The summed E-state index contributed by atoms with van der Waals surface area (Å²) in [4.78, 5) is 8.30. The van der Waals surface area contributed by atoms with Crippen molar-refractivity contribution in [1.29, 1.82) is 0 Å². The number of hydrogen-bond acceptors (Lipinski definition) is 3. The molecule has 0 aromatic heterocycles. The van der Waals surface area contributed by atoms with Crippen molar-refractivity contribution in [2.45, 2.75) is 0 Å². The third-order valence-corrected chi connectivity index (χ3v) is 1.10. The molecule has 0 aliphatic carbocycles. The van der Waals surface area contributed by atoms with Crippen LogP contribution < -0.4 is 5.50 Å². The van der Waals surface area contributed by atoms with Gasteiger partial charge in [-0.3, -0.25) is 0 Å². The molecule has 1 fully saturated rings. The third-order valence-electron chi connectivity index (χ3n) is 0.639. The van der Waals surface area contributed by atoms with Crippen LogP contribution in [0, 0.1) is 0 Å². The molecule has 5 nitrogen and oxygen atoms in total. The van der Waals surface area contributed by atoms with Gasteiger partial charge in [-0.25, -0.2) is 14.7 Å². The summed E-state index contributed by atoms with van der Waals surface area (Å²) in [6, 6.07) is 0. The summed E-state index contributed by atoms with van der Waals surface area (Å²) in [7, 11) is -3.73. The molecule has 0 amide bonds. The van der Waals surface area contributed by atoms with Crippen molar-refractivity contribution in [2.75, 3.05) is 13.1 Å². The molecule has 0 aromatic rings. The smallest absolute Gasteiger partial charge is 0.312 e. The fourth-order valence-electron chi connectivity index (χ4n) is 0.288. The van der Waals surface area contributed by atoms with E-state index in [9.17, 15) is 4.57 Å². The van der Waals surface area contributed by atoms with E-state index < -0.39 is 7.75 Å². The number of hydrogen-bond donors (Lipinski definition) is 2. The highest BCUT2D eigenvalue weighted by Crippen LogP contribution is 2.34. The van der Waals surface area contributed by atoms with E-state index in [1.807, 2.05) is 0 Å². The Balaban J connectivity index is 2.26. The Morgan fingerprint density at radius 3 is 2.38 bits per heavy atom. The Morgan fingerprint density at radius 2 is 2.25 bits per heavy atom. The highest BCUT2D eigenvalue weighted by atomic mass is 31.2. The van der Waals surface area contributed by atoms with Crippen molar-refractivity contribution in [3.8, 4) is 0 Å². The van der Waals surface area contributed by atoms with Gasteiger partial charge in [0, 0.05) is 13.1 Å². The van der Waals surface area contributed by atoms with Crippen molar-refractivity contribution < 1.29 is 14.1 Å². The van der Waals surface area contributed by atoms with Crippen LogP contribution in [0.4, 0.5) is 0 Å². The van der Waals surface area contributed by atoms with Crippen LogP contribution in [0.3, 0.4) is 0 Å². The van der Waals surface area contributed by atoms with E-state index in [4.69, 9.17) is 4.89 Å². The standard InChI is InChI=1S/C2H7N2O3P/c3-8(5,6)7-4-1-2-4/h1-2H2,(H3,3,5,6). The maximum Gasteiger partial charge on any atom is 0.416 e. The SMILES string of the molecule is NP(=O)(O)ON1CC1. The normalized spacial score (nSPS) is 27.2. The second kappa shape index (κ2) is 1.79. The van der Waals surface area contributed by atoms with Gasteiger partial charge in [-0.1, -0.05) is 0 Å². The first-order valence-electron chi connectivity index (χ1n) is 2.14. The van der Waals surface area contributed by atoms with Gasteiger partial charge < -0.3 is 4.89 Å². The minimum atomic E-state index is -3.73. The van der Waals surface area contributed by atoms with Crippen LogP contribution in [-0.2, 0) is 9.19 Å². The van der Waals surface area contributed by atoms with Gasteiger partial charge in [-0.15, -0.1) is 0 Å². The van der Waals surface area contributed by atoms with E-state index in [0.29, 0.717) is 13.1 Å². The quantitative estimate of drug-likeness (QED) is 0.389. The first-order valence-corrected chi connectivity index (χ1v) is 3.79. The van der Waals surface area contributed by atoms with Gasteiger partial charge in [0.25, 0.3) is 0 Å². The average Bonchev–Trinajstić information content (AvgIpc) is 2.12. The fourth-order valence-corrected chi connectivity index (χ4v) is 0.782. The molecule has 8 heavy (non-hydrogen) atoms. The Morgan fingerprint density at radius 1 is 1.75 bits per heavy atom. The van der Waals surface area contributed by atoms with Gasteiger partial charge in [0.15, 0.2) is 0 Å². The predicted molar refractivity (Wildman–Crippen MR) is 26.7 cm³/mol. The lowest BCUT2D eigenvalue weighted by atomic mass is 11.0. The van der Waals surface area contributed by atoms with Crippen LogP contribution in [0.15, 0.2) is 0 Å². The summed E-state index contributed by atoms with van der Waals surface area (Å²) in [5, 5.41) is 1.32. The molecule has 1 heterocycles. The van der Waals surface area contributed by atoms with Crippen molar-refractivity contribution >= 4 is 7.75 Å². The minimum Gasteiger partial charge on any atom is -0.312 e. The molecule has 1 aliphatic heterocycles. The molecule has 0 bridgehead atoms. The van der Waals surface area contributed by atoms with Crippen molar-refractivity contribution in [3.63, 3.8) is 0 Å². The zero-order valence-corrected chi connectivity index (χ0v) is 5.04. The molecular weight excluding hydrogens is 131 g/mol. The van der Waals surface area contributed by atoms with Gasteiger partial charge in [0.2, 0.25) is 0 Å². The predicted octanol–water partition coefficient (Wildman–Crippen LogP) is -0.707. The monoisotopic (exact) mass is 138 g/mol. The highest BCUT2D eigenvalue weighted by molar-refractivity contribution is 7.50. The van der Waals surface area contributed by atoms with Crippen LogP contribution in [-0.4, -0.2) is 23.0 Å². The van der Waals surface area contributed by atoms with Crippen LogP contribution >= 0.6 is 7.75 Å². The lowest BCUT2D eigenvalue weighted by Gasteiger charge is -2.02. The Hall–Kier alpha value is 0.0700. The summed E-state index contributed by atoms with van der Waals surface area (Å²) >= 11 is 0. The van der Waals surface area contributed by atoms with E-state index in [1.54, 1.807) is 0 Å². The largest absolute Gasteiger partial charge is 0.416 e. The molecule has 0 spiro atoms. The summed E-state index contributed by atoms with van der Waals surface area (Å²) in [6.45, 7) is 1.39. The maximum absolute atomic E-state index is 10.1. The van der Waals surface area contributed by atoms with Gasteiger partial charge >= 0.3 is 7.75 Å². The average molecular weight is 138 g/mol. The molecule has 0 aromatic carbocycles. The molecule has 1 saturated heterocycles. The van der Waals surface area contributed by atoms with Crippen molar-refractivity contribution in [2.24, 2.45) is 5.50 Å². The molecule has 3 N–H and O–H groups in total. The fraction of sp³-hybridized carbons (Fsp3) is 1.00. The summed E-state index contributed by atoms with van der Waals surface area (Å²) in [5.74, 6) is 0. The zero-order chi connectivity index (χ0) is 6.20. The van der Waals surface area contributed by atoms with E-state index in [0.717, 1.165) is 0 Å². The third kappa shape index (κ3) is 2.40. The second-order valence-electron chi connectivity index (χ2n) is 1.57. The van der Waals surface area contributed by atoms with Crippen LogP contribution in [0.2, 0.25) is 0 Å². The summed E-state index contributed by atoms with van der Waals surface area (Å²) < 4.78 is 14.4. The Bertz CT molecular complexity index is 127. The number of nitrogens with zero attached hydrogens (tertiary/aromatic N) is 1. The molecule has 1 aliphatic rings. The zero-order valence-electron chi connectivity index (χ0n) is 4.15. The minimum absolute atomic E-state index is 0.696. The van der Waals surface area contributed by atoms with E-state index in [-0.39, 0.29) is 0 Å². The molecule has 1 unspecified atom stereocenters. The first kappa shape index (κ1) is 6.19. The van der Waals surface area contributed by atoms with Crippen LogP contribution in [0.1, 0.15) is 0 Å². The molecule has 48 valence electrons. The second-order valence-corrected chi connectivity index (χ2v) is 2.87. The maximum atomic E-state index is 10.1. The number of rotatable bonds is 2. The summed E-state index contributed by atoms with van der Waals surface area (Å²) in [6.07, 6.45) is 0. The lowest BCUT2D eigenvalue weighted by Crippen LogP contribution is -2.02. The van der Waals surface area contributed by atoms with E-state index >= 15 is 0 Å². The molecule has 0 radical (unpaired) electrons. The van der Waals surface area contributed by atoms with Gasteiger partial charge in [-0.2, -0.15) is 5.06 Å². The Labute approximate surface area is 46.6 Å². The molecule has 1 atom stereocenters. The van der Waals surface area contributed by atoms with Gasteiger partial charge in [0.05, 0.1) is 0 Å².